The van der Waals surface area contributed by atoms with Gasteiger partial charge in [0.1, 0.15) is 12.1 Å². The molecule has 0 aromatic heterocycles. The van der Waals surface area contributed by atoms with E-state index in [1.807, 2.05) is 0 Å². The number of carboxylic acid groups (broad SMARTS) is 2. The number of amides is 3. The highest BCUT2D eigenvalue weighted by Crippen LogP contribution is 2.19. The van der Waals surface area contributed by atoms with E-state index in [0.29, 0.717) is 38.8 Å². The lowest BCUT2D eigenvalue weighted by molar-refractivity contribution is -0.143. The number of hydrogen-bond donors (Lipinski definition) is 6. The van der Waals surface area contributed by atoms with Gasteiger partial charge in [-0.15, -0.1) is 0 Å². The number of nitrogens with two attached hydrogens (primary N) is 2. The molecule has 3 amide bonds. The summed E-state index contributed by atoms with van der Waals surface area (Å²) >= 11 is 0. The number of carboxylic acids is 2. The minimum atomic E-state index is -1.37. The normalized spacial score (nSPS) is 17.8. The summed E-state index contributed by atoms with van der Waals surface area (Å²) in [5.74, 6) is -4.17. The van der Waals surface area contributed by atoms with E-state index in [1.54, 1.807) is 0 Å². The lowest BCUT2D eigenvalue weighted by Gasteiger charge is -2.26. The standard InChI is InChI=1S/C18H31N5O7/c19-8-2-1-4-11(20)17(28)23-9-3-5-13(23)16(27)21-10-14(24)22-12(18(29)30)6-7-15(25)26/h11-13H,1-10,19-20H2,(H,21,27)(H,22,24)(H,25,26)(H,29,30). The van der Waals surface area contributed by atoms with Crippen molar-refractivity contribution in [2.45, 2.75) is 63.1 Å². The van der Waals surface area contributed by atoms with Crippen molar-refractivity contribution < 1.29 is 34.2 Å². The van der Waals surface area contributed by atoms with Crippen LogP contribution in [0.4, 0.5) is 0 Å². The van der Waals surface area contributed by atoms with Crippen molar-refractivity contribution in [2.24, 2.45) is 11.5 Å². The molecule has 0 aromatic carbocycles. The lowest BCUT2D eigenvalue weighted by atomic mass is 10.1. The van der Waals surface area contributed by atoms with Crippen LogP contribution in [0.5, 0.6) is 0 Å². The van der Waals surface area contributed by atoms with Gasteiger partial charge in [-0.1, -0.05) is 6.42 Å². The van der Waals surface area contributed by atoms with Gasteiger partial charge in [-0.2, -0.15) is 0 Å². The smallest absolute Gasteiger partial charge is 0.326 e. The number of carbonyl (C=O) groups excluding carboxylic acids is 3. The second-order valence-corrected chi connectivity index (χ2v) is 7.19. The van der Waals surface area contributed by atoms with Crippen LogP contribution in [0.25, 0.3) is 0 Å². The van der Waals surface area contributed by atoms with Crippen LogP contribution in [0, 0.1) is 0 Å². The molecule has 0 radical (unpaired) electrons. The molecule has 12 heteroatoms. The first-order valence-electron chi connectivity index (χ1n) is 9.95. The average Bonchev–Trinajstić information content (AvgIpc) is 3.18. The van der Waals surface area contributed by atoms with Gasteiger partial charge < -0.3 is 37.2 Å². The molecule has 3 unspecified atom stereocenters. The number of hydrogen-bond acceptors (Lipinski definition) is 7. The molecule has 1 fully saturated rings. The Bertz CT molecular complexity index is 642. The Morgan fingerprint density at radius 3 is 2.40 bits per heavy atom. The number of carbonyl (C=O) groups is 5. The van der Waals surface area contributed by atoms with Crippen molar-refractivity contribution in [1.29, 1.82) is 0 Å². The average molecular weight is 429 g/mol. The van der Waals surface area contributed by atoms with E-state index < -0.39 is 54.8 Å². The Morgan fingerprint density at radius 1 is 1.10 bits per heavy atom. The molecule has 0 spiro atoms. The van der Waals surface area contributed by atoms with Crippen LogP contribution in [0.2, 0.25) is 0 Å². The van der Waals surface area contributed by atoms with Crippen molar-refractivity contribution in [3.05, 3.63) is 0 Å². The molecule has 0 aromatic rings. The van der Waals surface area contributed by atoms with Gasteiger partial charge in [0.05, 0.1) is 12.6 Å². The summed E-state index contributed by atoms with van der Waals surface area (Å²) in [6.07, 6.45) is 2.29. The van der Waals surface area contributed by atoms with E-state index in [4.69, 9.17) is 21.7 Å². The van der Waals surface area contributed by atoms with Gasteiger partial charge in [-0.05, 0) is 38.6 Å². The van der Waals surface area contributed by atoms with Crippen LogP contribution in [0.15, 0.2) is 0 Å². The molecule has 1 heterocycles. The van der Waals surface area contributed by atoms with Gasteiger partial charge in [0, 0.05) is 13.0 Å². The quantitative estimate of drug-likeness (QED) is 0.178. The monoisotopic (exact) mass is 429 g/mol. The zero-order chi connectivity index (χ0) is 22.7. The molecular weight excluding hydrogens is 398 g/mol. The van der Waals surface area contributed by atoms with E-state index in [0.717, 1.165) is 6.42 Å². The Labute approximate surface area is 174 Å². The van der Waals surface area contributed by atoms with E-state index in [9.17, 15) is 24.0 Å². The van der Waals surface area contributed by atoms with Crippen LogP contribution < -0.4 is 22.1 Å². The number of rotatable bonds is 13. The van der Waals surface area contributed by atoms with E-state index in [2.05, 4.69) is 10.6 Å². The first-order chi connectivity index (χ1) is 14.2. The largest absolute Gasteiger partial charge is 0.481 e. The van der Waals surface area contributed by atoms with E-state index >= 15 is 0 Å². The molecule has 8 N–H and O–H groups in total. The highest BCUT2D eigenvalue weighted by atomic mass is 16.4. The van der Waals surface area contributed by atoms with E-state index in [1.165, 1.54) is 4.90 Å². The van der Waals surface area contributed by atoms with Crippen molar-refractivity contribution in [1.82, 2.24) is 15.5 Å². The number of nitrogens with one attached hydrogen (secondary N) is 2. The Kier molecular flexibility index (Phi) is 10.8. The second-order valence-electron chi connectivity index (χ2n) is 7.19. The van der Waals surface area contributed by atoms with Crippen LogP contribution >= 0.6 is 0 Å². The van der Waals surface area contributed by atoms with Gasteiger partial charge in [0.15, 0.2) is 0 Å². The highest BCUT2D eigenvalue weighted by Gasteiger charge is 2.36. The molecule has 1 aliphatic heterocycles. The summed E-state index contributed by atoms with van der Waals surface area (Å²) in [6.45, 7) is 0.414. The Morgan fingerprint density at radius 2 is 1.80 bits per heavy atom. The zero-order valence-electron chi connectivity index (χ0n) is 16.8. The summed E-state index contributed by atoms with van der Waals surface area (Å²) in [4.78, 5) is 60.0. The molecule has 0 bridgehead atoms. The predicted octanol–water partition coefficient (Wildman–Crippen LogP) is -2.02. The topological polar surface area (TPSA) is 205 Å². The zero-order valence-corrected chi connectivity index (χ0v) is 16.8. The minimum absolute atomic E-state index is 0.280. The van der Waals surface area contributed by atoms with E-state index in [-0.39, 0.29) is 12.3 Å². The van der Waals surface area contributed by atoms with Crippen LogP contribution in [0.1, 0.15) is 44.9 Å². The third-order valence-corrected chi connectivity index (χ3v) is 4.83. The predicted molar refractivity (Wildman–Crippen MR) is 105 cm³/mol. The highest BCUT2D eigenvalue weighted by molar-refractivity contribution is 5.93. The number of unbranched alkanes of at least 4 members (excludes halogenated alkanes) is 1. The summed E-state index contributed by atoms with van der Waals surface area (Å²) in [5, 5.41) is 22.3. The fourth-order valence-corrected chi connectivity index (χ4v) is 3.20. The van der Waals surface area contributed by atoms with Gasteiger partial charge in [-0.3, -0.25) is 19.2 Å². The molecule has 12 nitrogen and oxygen atoms in total. The molecule has 1 rings (SSSR count). The van der Waals surface area contributed by atoms with Crippen molar-refractivity contribution >= 4 is 29.7 Å². The minimum Gasteiger partial charge on any atom is -0.481 e. The third kappa shape index (κ3) is 8.33. The Hall–Kier alpha value is -2.73. The fraction of sp³-hybridized carbons (Fsp3) is 0.722. The maximum atomic E-state index is 12.5. The van der Waals surface area contributed by atoms with Crippen LogP contribution in [0.3, 0.4) is 0 Å². The maximum absolute atomic E-state index is 12.5. The molecule has 0 saturated carbocycles. The first kappa shape index (κ1) is 25.3. The van der Waals surface area contributed by atoms with Crippen molar-refractivity contribution in [3.63, 3.8) is 0 Å². The molecule has 30 heavy (non-hydrogen) atoms. The van der Waals surface area contributed by atoms with Crippen LogP contribution in [-0.4, -0.2) is 82.5 Å². The molecule has 170 valence electrons. The van der Waals surface area contributed by atoms with Gasteiger partial charge in [0.2, 0.25) is 17.7 Å². The second kappa shape index (κ2) is 12.8. The summed E-state index contributed by atoms with van der Waals surface area (Å²) in [5.41, 5.74) is 11.4. The molecule has 0 aliphatic carbocycles. The number of nitrogens with zero attached hydrogens (tertiary/aromatic N) is 1. The maximum Gasteiger partial charge on any atom is 0.326 e. The first-order valence-corrected chi connectivity index (χ1v) is 9.95. The number of aliphatic carboxylic acids is 2. The lowest BCUT2D eigenvalue weighted by Crippen LogP contribution is -2.53. The Balaban J connectivity index is 2.53. The molecule has 1 aliphatic rings. The third-order valence-electron chi connectivity index (χ3n) is 4.83. The fourth-order valence-electron chi connectivity index (χ4n) is 3.20. The summed E-state index contributed by atoms with van der Waals surface area (Å²) < 4.78 is 0. The molecular formula is C18H31N5O7. The summed E-state index contributed by atoms with van der Waals surface area (Å²) in [6, 6.07) is -2.84. The number of likely N-dealkylation sites (tertiary alicyclic amines) is 1. The van der Waals surface area contributed by atoms with Gasteiger partial charge in [-0.25, -0.2) is 4.79 Å². The molecule has 1 saturated heterocycles. The van der Waals surface area contributed by atoms with Gasteiger partial charge >= 0.3 is 11.9 Å². The SMILES string of the molecule is NCCCCC(N)C(=O)N1CCCC1C(=O)NCC(=O)NC(CCC(=O)O)C(=O)O. The van der Waals surface area contributed by atoms with Crippen LogP contribution in [-0.2, 0) is 24.0 Å². The summed E-state index contributed by atoms with van der Waals surface area (Å²) in [7, 11) is 0. The van der Waals surface area contributed by atoms with Crippen molar-refractivity contribution in [2.75, 3.05) is 19.6 Å². The van der Waals surface area contributed by atoms with Gasteiger partial charge in [0.25, 0.3) is 0 Å². The molecule has 3 atom stereocenters. The van der Waals surface area contributed by atoms with Crippen molar-refractivity contribution in [3.8, 4) is 0 Å².